The van der Waals surface area contributed by atoms with Crippen LogP contribution in [0.3, 0.4) is 0 Å². The highest BCUT2D eigenvalue weighted by molar-refractivity contribution is 7.99. The van der Waals surface area contributed by atoms with Crippen LogP contribution in [0.5, 0.6) is 0 Å². The average molecular weight is 306 g/mol. The average Bonchev–Trinajstić information content (AvgIpc) is 2.37. The molecule has 0 saturated carbocycles. The van der Waals surface area contributed by atoms with Gasteiger partial charge in [-0.05, 0) is 25.5 Å². The molecule has 6 nitrogen and oxygen atoms in total. The SMILES string of the molecule is CCOC(=O)[C@H](C)NC(=O)C(O)[C@H](N)CSCC(C)C. The van der Waals surface area contributed by atoms with Crippen LogP contribution in [0.25, 0.3) is 0 Å². The molecule has 4 N–H and O–H groups in total. The van der Waals surface area contributed by atoms with Gasteiger partial charge in [-0.1, -0.05) is 13.8 Å². The third-order valence-corrected chi connectivity index (χ3v) is 3.96. The van der Waals surface area contributed by atoms with Crippen LogP contribution >= 0.6 is 11.8 Å². The van der Waals surface area contributed by atoms with E-state index < -0.39 is 30.1 Å². The molecule has 0 aliphatic heterocycles. The molecule has 0 fully saturated rings. The van der Waals surface area contributed by atoms with E-state index >= 15 is 0 Å². The van der Waals surface area contributed by atoms with Gasteiger partial charge in [-0.15, -0.1) is 0 Å². The lowest BCUT2D eigenvalue weighted by Crippen LogP contribution is -2.51. The highest BCUT2D eigenvalue weighted by Gasteiger charge is 2.26. The van der Waals surface area contributed by atoms with E-state index in [-0.39, 0.29) is 6.61 Å². The van der Waals surface area contributed by atoms with Crippen molar-refractivity contribution in [3.8, 4) is 0 Å². The highest BCUT2D eigenvalue weighted by Crippen LogP contribution is 2.10. The highest BCUT2D eigenvalue weighted by atomic mass is 32.2. The van der Waals surface area contributed by atoms with Crippen LogP contribution in [0.15, 0.2) is 0 Å². The second-order valence-electron chi connectivity index (χ2n) is 5.02. The third-order valence-electron chi connectivity index (χ3n) is 2.43. The van der Waals surface area contributed by atoms with Crippen LogP contribution in [0.1, 0.15) is 27.7 Å². The molecule has 0 saturated heterocycles. The van der Waals surface area contributed by atoms with Gasteiger partial charge in [-0.2, -0.15) is 11.8 Å². The number of aliphatic hydroxyl groups is 1. The first-order chi connectivity index (χ1) is 9.29. The standard InChI is InChI=1S/C13H26N2O4S/c1-5-19-13(18)9(4)15-12(17)11(16)10(14)7-20-6-8(2)3/h8-11,16H,5-7,14H2,1-4H3,(H,15,17)/t9-,10+,11?/m0/s1. The molecule has 1 unspecified atom stereocenters. The fourth-order valence-electron chi connectivity index (χ4n) is 1.35. The minimum Gasteiger partial charge on any atom is -0.464 e. The summed E-state index contributed by atoms with van der Waals surface area (Å²) >= 11 is 1.59. The number of carbonyl (C=O) groups excluding carboxylic acids is 2. The van der Waals surface area contributed by atoms with Crippen molar-refractivity contribution in [2.75, 3.05) is 18.1 Å². The largest absolute Gasteiger partial charge is 0.464 e. The van der Waals surface area contributed by atoms with Gasteiger partial charge in [0.15, 0.2) is 0 Å². The first kappa shape index (κ1) is 19.2. The molecule has 0 aliphatic carbocycles. The topological polar surface area (TPSA) is 102 Å². The Hall–Kier alpha value is -0.790. The van der Waals surface area contributed by atoms with Crippen molar-refractivity contribution in [2.45, 2.75) is 45.9 Å². The number of nitrogens with two attached hydrogens (primary N) is 1. The zero-order valence-corrected chi connectivity index (χ0v) is 13.4. The van der Waals surface area contributed by atoms with Crippen LogP contribution < -0.4 is 11.1 Å². The van der Waals surface area contributed by atoms with E-state index in [0.29, 0.717) is 11.7 Å². The van der Waals surface area contributed by atoms with Crippen molar-refractivity contribution in [3.63, 3.8) is 0 Å². The summed E-state index contributed by atoms with van der Waals surface area (Å²) < 4.78 is 4.77. The van der Waals surface area contributed by atoms with Gasteiger partial charge in [0, 0.05) is 11.8 Å². The Morgan fingerprint density at radius 1 is 1.30 bits per heavy atom. The van der Waals surface area contributed by atoms with Gasteiger partial charge in [0.05, 0.1) is 6.61 Å². The predicted octanol–water partition coefficient (Wildman–Crippen LogP) is 0.132. The molecule has 7 heteroatoms. The predicted molar refractivity (Wildman–Crippen MR) is 80.4 cm³/mol. The van der Waals surface area contributed by atoms with Crippen LogP contribution in [0, 0.1) is 5.92 Å². The Bertz CT molecular complexity index is 313. The number of ether oxygens (including phenoxy) is 1. The summed E-state index contributed by atoms with van der Waals surface area (Å²) in [7, 11) is 0. The quantitative estimate of drug-likeness (QED) is 0.523. The molecular formula is C13H26N2O4S. The van der Waals surface area contributed by atoms with E-state index in [4.69, 9.17) is 10.5 Å². The van der Waals surface area contributed by atoms with E-state index in [1.807, 2.05) is 0 Å². The molecular weight excluding hydrogens is 280 g/mol. The number of hydrogen-bond donors (Lipinski definition) is 3. The Labute approximate surface area is 124 Å². The lowest BCUT2D eigenvalue weighted by atomic mass is 10.2. The summed E-state index contributed by atoms with van der Waals surface area (Å²) in [5, 5.41) is 12.2. The lowest BCUT2D eigenvalue weighted by molar-refractivity contribution is -0.148. The Morgan fingerprint density at radius 2 is 1.90 bits per heavy atom. The molecule has 20 heavy (non-hydrogen) atoms. The van der Waals surface area contributed by atoms with Gasteiger partial charge in [0.1, 0.15) is 12.1 Å². The molecule has 0 heterocycles. The minimum atomic E-state index is -1.33. The maximum Gasteiger partial charge on any atom is 0.328 e. The molecule has 0 aromatic heterocycles. The normalized spacial score (nSPS) is 15.6. The number of esters is 1. The van der Waals surface area contributed by atoms with E-state index in [9.17, 15) is 14.7 Å². The molecule has 0 aliphatic rings. The zero-order valence-electron chi connectivity index (χ0n) is 12.6. The maximum atomic E-state index is 11.7. The van der Waals surface area contributed by atoms with E-state index in [1.165, 1.54) is 6.92 Å². The molecule has 0 aromatic rings. The molecule has 0 bridgehead atoms. The van der Waals surface area contributed by atoms with Crippen molar-refractivity contribution in [3.05, 3.63) is 0 Å². The van der Waals surface area contributed by atoms with Crippen LogP contribution in [-0.4, -0.2) is 53.3 Å². The molecule has 0 aromatic carbocycles. The Morgan fingerprint density at radius 3 is 2.40 bits per heavy atom. The summed E-state index contributed by atoms with van der Waals surface area (Å²) in [6.07, 6.45) is -1.33. The lowest BCUT2D eigenvalue weighted by Gasteiger charge is -2.20. The maximum absolute atomic E-state index is 11.7. The van der Waals surface area contributed by atoms with E-state index in [2.05, 4.69) is 19.2 Å². The molecule has 0 rings (SSSR count). The molecule has 1 amide bonds. The van der Waals surface area contributed by atoms with Gasteiger partial charge in [0.25, 0.3) is 5.91 Å². The van der Waals surface area contributed by atoms with Crippen LogP contribution in [0.2, 0.25) is 0 Å². The second-order valence-corrected chi connectivity index (χ2v) is 6.10. The van der Waals surface area contributed by atoms with Gasteiger partial charge in [-0.3, -0.25) is 4.79 Å². The van der Waals surface area contributed by atoms with Crippen LogP contribution in [-0.2, 0) is 14.3 Å². The Balaban J connectivity index is 4.15. The number of nitrogens with one attached hydrogen (secondary N) is 1. The summed E-state index contributed by atoms with van der Waals surface area (Å²) in [6.45, 7) is 7.60. The number of carbonyl (C=O) groups is 2. The molecule has 3 atom stereocenters. The monoisotopic (exact) mass is 306 g/mol. The summed E-state index contributed by atoms with van der Waals surface area (Å²) in [5.74, 6) is 0.753. The van der Waals surface area contributed by atoms with Crippen LogP contribution in [0.4, 0.5) is 0 Å². The second kappa shape index (κ2) is 10.0. The third kappa shape index (κ3) is 7.72. The minimum absolute atomic E-state index is 0.243. The number of amides is 1. The van der Waals surface area contributed by atoms with Gasteiger partial charge < -0.3 is 20.9 Å². The van der Waals surface area contributed by atoms with Crippen molar-refractivity contribution in [1.29, 1.82) is 0 Å². The number of hydrogen-bond acceptors (Lipinski definition) is 6. The molecule has 0 spiro atoms. The number of thioether (sulfide) groups is 1. The van der Waals surface area contributed by atoms with E-state index in [1.54, 1.807) is 18.7 Å². The molecule has 0 radical (unpaired) electrons. The first-order valence-corrected chi connectivity index (χ1v) is 7.93. The smallest absolute Gasteiger partial charge is 0.328 e. The van der Waals surface area contributed by atoms with Gasteiger partial charge >= 0.3 is 5.97 Å². The molecule has 118 valence electrons. The van der Waals surface area contributed by atoms with Crippen molar-refractivity contribution < 1.29 is 19.4 Å². The van der Waals surface area contributed by atoms with Crippen molar-refractivity contribution in [2.24, 2.45) is 11.7 Å². The summed E-state index contributed by atoms with van der Waals surface area (Å²) in [6, 6.07) is -1.46. The van der Waals surface area contributed by atoms with Crippen molar-refractivity contribution >= 4 is 23.6 Å². The number of rotatable bonds is 9. The van der Waals surface area contributed by atoms with Crippen molar-refractivity contribution in [1.82, 2.24) is 5.32 Å². The van der Waals surface area contributed by atoms with E-state index in [0.717, 1.165) is 5.75 Å². The zero-order chi connectivity index (χ0) is 15.7. The van der Waals surface area contributed by atoms with Gasteiger partial charge in [-0.25, -0.2) is 4.79 Å². The first-order valence-electron chi connectivity index (χ1n) is 6.77. The fraction of sp³-hybridized carbons (Fsp3) is 0.846. The Kier molecular flexibility index (Phi) is 9.62. The summed E-state index contributed by atoms with van der Waals surface area (Å²) in [4.78, 5) is 23.1. The van der Waals surface area contributed by atoms with Gasteiger partial charge in [0.2, 0.25) is 0 Å². The fourth-order valence-corrected chi connectivity index (χ4v) is 2.41. The number of aliphatic hydroxyl groups excluding tert-OH is 1. The summed E-state index contributed by atoms with van der Waals surface area (Å²) in [5.41, 5.74) is 5.77.